The van der Waals surface area contributed by atoms with Gasteiger partial charge in [-0.05, 0) is 6.07 Å². The lowest BCUT2D eigenvalue weighted by Crippen LogP contribution is -2.42. The number of amides is 1. The normalized spacial score (nSPS) is 15.3. The highest BCUT2D eigenvalue weighted by atomic mass is 19.4. The number of hydrogen-bond acceptors (Lipinski definition) is 6. The Hall–Kier alpha value is -3.11. The monoisotopic (exact) mass is 412 g/mol. The molecule has 1 fully saturated rings. The fourth-order valence-electron chi connectivity index (χ4n) is 2.99. The van der Waals surface area contributed by atoms with Gasteiger partial charge in [0.15, 0.2) is 5.69 Å². The van der Waals surface area contributed by atoms with Crippen LogP contribution in [0.25, 0.3) is 0 Å². The highest BCUT2D eigenvalue weighted by molar-refractivity contribution is 5.96. The molecule has 1 amide bonds. The van der Waals surface area contributed by atoms with Gasteiger partial charge in [0, 0.05) is 51.4 Å². The molecule has 0 spiro atoms. The van der Waals surface area contributed by atoms with Crippen LogP contribution in [0.4, 0.5) is 13.2 Å². The summed E-state index contributed by atoms with van der Waals surface area (Å²) in [5.41, 5.74) is -1.11. The van der Waals surface area contributed by atoms with Crippen LogP contribution in [-0.4, -0.2) is 51.6 Å². The highest BCUT2D eigenvalue weighted by Crippen LogP contribution is 2.28. The molecule has 2 aromatic heterocycles. The largest absolute Gasteiger partial charge is 0.496 e. The molecule has 0 radical (unpaired) electrons. The van der Waals surface area contributed by atoms with E-state index in [4.69, 9.17) is 9.47 Å². The number of aryl methyl sites for hydroxylation is 1. The molecule has 3 rings (SSSR count). The SMILES string of the molecule is COc1cc(=O)n(C)cc1C(=O)N1CCC(Oc2nccc(C(F)(F)F)n2)CC1. The first-order chi connectivity index (χ1) is 13.7. The maximum absolute atomic E-state index is 12.8. The van der Waals surface area contributed by atoms with Gasteiger partial charge in [-0.25, -0.2) is 4.98 Å². The minimum absolute atomic E-state index is 0.189. The molecule has 11 heteroatoms. The van der Waals surface area contributed by atoms with Gasteiger partial charge in [0.1, 0.15) is 11.9 Å². The number of ether oxygens (including phenoxy) is 2. The molecule has 0 N–H and O–H groups in total. The number of rotatable bonds is 4. The topological polar surface area (TPSA) is 86.5 Å². The zero-order valence-corrected chi connectivity index (χ0v) is 15.8. The van der Waals surface area contributed by atoms with E-state index in [1.165, 1.54) is 31.0 Å². The Morgan fingerprint density at radius 1 is 1.28 bits per heavy atom. The predicted octanol–water partition coefficient (Wildman–Crippen LogP) is 1.89. The Morgan fingerprint density at radius 2 is 1.97 bits per heavy atom. The van der Waals surface area contributed by atoms with Crippen molar-refractivity contribution < 1.29 is 27.4 Å². The van der Waals surface area contributed by atoms with Gasteiger partial charge in [-0.15, -0.1) is 0 Å². The Kier molecular flexibility index (Phi) is 5.76. The van der Waals surface area contributed by atoms with E-state index in [1.54, 1.807) is 4.90 Å². The van der Waals surface area contributed by atoms with Gasteiger partial charge in [-0.3, -0.25) is 9.59 Å². The molecule has 2 aromatic rings. The fourth-order valence-corrected chi connectivity index (χ4v) is 2.99. The number of hydrogen-bond donors (Lipinski definition) is 0. The molecule has 0 bridgehead atoms. The number of methoxy groups -OCH3 is 1. The zero-order chi connectivity index (χ0) is 21.2. The number of piperidine rings is 1. The van der Waals surface area contributed by atoms with Crippen LogP contribution in [-0.2, 0) is 13.2 Å². The summed E-state index contributed by atoms with van der Waals surface area (Å²) in [7, 11) is 2.91. The summed E-state index contributed by atoms with van der Waals surface area (Å²) in [6, 6.07) is 1.67. The number of aromatic nitrogens is 3. The van der Waals surface area contributed by atoms with Crippen LogP contribution in [0.3, 0.4) is 0 Å². The number of carbonyl (C=O) groups is 1. The smallest absolute Gasteiger partial charge is 0.433 e. The Balaban J connectivity index is 1.65. The van der Waals surface area contributed by atoms with E-state index in [2.05, 4.69) is 9.97 Å². The van der Waals surface area contributed by atoms with Crippen molar-refractivity contribution >= 4 is 5.91 Å². The first-order valence-corrected chi connectivity index (χ1v) is 8.80. The molecule has 3 heterocycles. The van der Waals surface area contributed by atoms with Crippen molar-refractivity contribution in [3.63, 3.8) is 0 Å². The number of nitrogens with zero attached hydrogens (tertiary/aromatic N) is 4. The summed E-state index contributed by atoms with van der Waals surface area (Å²) in [5, 5.41) is 0. The number of alkyl halides is 3. The summed E-state index contributed by atoms with van der Waals surface area (Å²) in [4.78, 5) is 33.2. The van der Waals surface area contributed by atoms with Crippen molar-refractivity contribution in [3.8, 4) is 11.8 Å². The van der Waals surface area contributed by atoms with Crippen molar-refractivity contribution in [1.29, 1.82) is 0 Å². The zero-order valence-electron chi connectivity index (χ0n) is 15.8. The number of carbonyl (C=O) groups excluding carboxylic acids is 1. The molecule has 0 atom stereocenters. The van der Waals surface area contributed by atoms with Crippen LogP contribution in [0.5, 0.6) is 11.8 Å². The van der Waals surface area contributed by atoms with Gasteiger partial charge in [-0.1, -0.05) is 0 Å². The molecule has 8 nitrogen and oxygen atoms in total. The molecular formula is C18H19F3N4O4. The fraction of sp³-hybridized carbons (Fsp3) is 0.444. The van der Waals surface area contributed by atoms with E-state index in [0.29, 0.717) is 25.9 Å². The first-order valence-electron chi connectivity index (χ1n) is 8.80. The second-order valence-corrected chi connectivity index (χ2v) is 6.54. The molecular weight excluding hydrogens is 393 g/mol. The second kappa shape index (κ2) is 8.10. The van der Waals surface area contributed by atoms with E-state index < -0.39 is 18.0 Å². The standard InChI is InChI=1S/C18H19F3N4O4/c1-24-10-12(13(28-2)9-15(24)26)16(27)25-7-4-11(5-8-25)29-17-22-6-3-14(23-17)18(19,20)21/h3,6,9-11H,4-5,7-8H2,1-2H3. The van der Waals surface area contributed by atoms with Crippen LogP contribution in [0.2, 0.25) is 0 Å². The van der Waals surface area contributed by atoms with E-state index in [9.17, 15) is 22.8 Å². The minimum atomic E-state index is -4.58. The number of halogens is 3. The lowest BCUT2D eigenvalue weighted by Gasteiger charge is -2.32. The summed E-state index contributed by atoms with van der Waals surface area (Å²) < 4.78 is 50.1. The molecule has 0 aliphatic carbocycles. The Morgan fingerprint density at radius 3 is 2.59 bits per heavy atom. The van der Waals surface area contributed by atoms with Crippen LogP contribution in [0.15, 0.2) is 29.3 Å². The third-order valence-corrected chi connectivity index (χ3v) is 4.57. The predicted molar refractivity (Wildman–Crippen MR) is 94.8 cm³/mol. The van der Waals surface area contributed by atoms with Crippen LogP contribution >= 0.6 is 0 Å². The van der Waals surface area contributed by atoms with Gasteiger partial charge in [0.25, 0.3) is 11.5 Å². The van der Waals surface area contributed by atoms with Gasteiger partial charge in [-0.2, -0.15) is 18.2 Å². The Bertz CT molecular complexity index is 953. The molecule has 0 unspecified atom stereocenters. The maximum atomic E-state index is 12.8. The molecule has 0 saturated carbocycles. The van der Waals surface area contributed by atoms with Gasteiger partial charge in [0.2, 0.25) is 0 Å². The van der Waals surface area contributed by atoms with Gasteiger partial charge in [0.05, 0.1) is 12.7 Å². The molecule has 156 valence electrons. The third-order valence-electron chi connectivity index (χ3n) is 4.57. The lowest BCUT2D eigenvalue weighted by molar-refractivity contribution is -0.141. The third kappa shape index (κ3) is 4.66. The van der Waals surface area contributed by atoms with Gasteiger partial charge >= 0.3 is 12.2 Å². The number of pyridine rings is 1. The summed E-state index contributed by atoms with van der Waals surface area (Å²) in [6.45, 7) is 0.656. The van der Waals surface area contributed by atoms with E-state index in [0.717, 1.165) is 12.3 Å². The van der Waals surface area contributed by atoms with E-state index in [1.807, 2.05) is 0 Å². The molecule has 29 heavy (non-hydrogen) atoms. The summed E-state index contributed by atoms with van der Waals surface area (Å²) in [5.74, 6) is -0.111. The van der Waals surface area contributed by atoms with Crippen LogP contribution in [0.1, 0.15) is 28.9 Å². The average molecular weight is 412 g/mol. The van der Waals surface area contributed by atoms with Crippen LogP contribution in [0, 0.1) is 0 Å². The lowest BCUT2D eigenvalue weighted by atomic mass is 10.1. The number of likely N-dealkylation sites (tertiary alicyclic amines) is 1. The van der Waals surface area contributed by atoms with Gasteiger partial charge < -0.3 is 18.9 Å². The minimum Gasteiger partial charge on any atom is -0.496 e. The van der Waals surface area contributed by atoms with Crippen molar-refractivity contribution in [1.82, 2.24) is 19.4 Å². The summed E-state index contributed by atoms with van der Waals surface area (Å²) in [6.07, 6.45) is -1.77. The van der Waals surface area contributed by atoms with Crippen LogP contribution < -0.4 is 15.0 Å². The quantitative estimate of drug-likeness (QED) is 0.762. The second-order valence-electron chi connectivity index (χ2n) is 6.54. The molecule has 0 aromatic carbocycles. The average Bonchev–Trinajstić information content (AvgIpc) is 2.69. The molecule has 1 aliphatic heterocycles. The maximum Gasteiger partial charge on any atom is 0.433 e. The van der Waals surface area contributed by atoms with Crippen molar-refractivity contribution in [2.24, 2.45) is 7.05 Å². The molecule has 1 saturated heterocycles. The van der Waals surface area contributed by atoms with Crippen molar-refractivity contribution in [2.75, 3.05) is 20.2 Å². The molecule has 1 aliphatic rings. The van der Waals surface area contributed by atoms with E-state index in [-0.39, 0.29) is 28.8 Å². The van der Waals surface area contributed by atoms with E-state index >= 15 is 0 Å². The summed E-state index contributed by atoms with van der Waals surface area (Å²) >= 11 is 0. The van der Waals surface area contributed by atoms with Crippen molar-refractivity contribution in [2.45, 2.75) is 25.1 Å². The van der Waals surface area contributed by atoms with Crippen molar-refractivity contribution in [3.05, 3.63) is 46.1 Å². The first kappa shape index (κ1) is 20.6. The highest BCUT2D eigenvalue weighted by Gasteiger charge is 2.33. The Labute approximate surface area is 163 Å².